The van der Waals surface area contributed by atoms with E-state index in [9.17, 15) is 0 Å². The molecule has 118 valence electrons. The fraction of sp³-hybridized carbons (Fsp3) is 0.667. The van der Waals surface area contributed by atoms with Crippen LogP contribution in [0.25, 0.3) is 0 Å². The molecule has 1 unspecified atom stereocenters. The largest absolute Gasteiger partial charge is 0.488 e. The fourth-order valence-electron chi connectivity index (χ4n) is 2.82. The summed E-state index contributed by atoms with van der Waals surface area (Å²) in [6.07, 6.45) is 11.8. The van der Waals surface area contributed by atoms with Crippen molar-refractivity contribution in [3.63, 3.8) is 0 Å². The van der Waals surface area contributed by atoms with Crippen LogP contribution in [-0.2, 0) is 6.42 Å². The van der Waals surface area contributed by atoms with Crippen LogP contribution in [0.1, 0.15) is 70.8 Å². The highest BCUT2D eigenvalue weighted by atomic mass is 16.4. The Morgan fingerprint density at radius 3 is 2.10 bits per heavy atom. The van der Waals surface area contributed by atoms with Crippen molar-refractivity contribution in [3.05, 3.63) is 29.8 Å². The van der Waals surface area contributed by atoms with E-state index in [0.717, 1.165) is 12.3 Å². The van der Waals surface area contributed by atoms with E-state index in [2.05, 4.69) is 13.8 Å². The van der Waals surface area contributed by atoms with E-state index in [1.165, 1.54) is 56.9 Å². The molecule has 1 aromatic rings. The fourth-order valence-corrected chi connectivity index (χ4v) is 2.82. The second kappa shape index (κ2) is 10.9. The number of unbranched alkanes of at least 4 members (excludes halogenated alkanes) is 5. The highest BCUT2D eigenvalue weighted by Gasteiger charge is 2.11. The average molecular weight is 290 g/mol. The Labute approximate surface area is 130 Å². The number of benzene rings is 1. The summed E-state index contributed by atoms with van der Waals surface area (Å²) in [6.45, 7) is 4.53. The van der Waals surface area contributed by atoms with Crippen LogP contribution in [0.5, 0.6) is 0 Å². The molecule has 0 saturated heterocycles. The third kappa shape index (κ3) is 7.68. The second-order valence-electron chi connectivity index (χ2n) is 6.15. The maximum absolute atomic E-state index is 9.10. The molecule has 1 atom stereocenters. The van der Waals surface area contributed by atoms with Gasteiger partial charge in [0.05, 0.1) is 0 Å². The van der Waals surface area contributed by atoms with Gasteiger partial charge in [-0.25, -0.2) is 0 Å². The van der Waals surface area contributed by atoms with Crippen LogP contribution in [0.2, 0.25) is 0 Å². The van der Waals surface area contributed by atoms with E-state index in [0.29, 0.717) is 5.46 Å². The summed E-state index contributed by atoms with van der Waals surface area (Å²) in [7, 11) is -1.36. The first kappa shape index (κ1) is 18.3. The van der Waals surface area contributed by atoms with Gasteiger partial charge in [0, 0.05) is 0 Å². The Kier molecular flexibility index (Phi) is 9.44. The molecule has 1 rings (SSSR count). The van der Waals surface area contributed by atoms with Gasteiger partial charge in [-0.05, 0) is 23.4 Å². The molecule has 0 heterocycles. The lowest BCUT2D eigenvalue weighted by Gasteiger charge is -2.15. The van der Waals surface area contributed by atoms with Gasteiger partial charge in [0.1, 0.15) is 0 Å². The standard InChI is InChI=1S/C18H31BO2/c1-3-5-6-7-8-9-10-16(4-2)15-17-11-13-18(14-12-17)19(20)21/h11-14,16,20-21H,3-10,15H2,1-2H3. The van der Waals surface area contributed by atoms with Gasteiger partial charge >= 0.3 is 7.12 Å². The zero-order valence-electron chi connectivity index (χ0n) is 13.7. The number of hydrogen-bond acceptors (Lipinski definition) is 2. The lowest BCUT2D eigenvalue weighted by molar-refractivity contribution is 0.425. The van der Waals surface area contributed by atoms with Crippen molar-refractivity contribution in [2.75, 3.05) is 0 Å². The van der Waals surface area contributed by atoms with Crippen molar-refractivity contribution in [3.8, 4) is 0 Å². The molecule has 0 aliphatic heterocycles. The Morgan fingerprint density at radius 1 is 0.905 bits per heavy atom. The molecule has 2 nitrogen and oxygen atoms in total. The van der Waals surface area contributed by atoms with E-state index in [4.69, 9.17) is 10.0 Å². The zero-order chi connectivity index (χ0) is 15.5. The maximum atomic E-state index is 9.10. The zero-order valence-corrected chi connectivity index (χ0v) is 13.7. The highest BCUT2D eigenvalue weighted by molar-refractivity contribution is 6.58. The molecule has 0 aromatic heterocycles. The summed E-state index contributed by atoms with van der Waals surface area (Å²) in [4.78, 5) is 0. The average Bonchev–Trinajstić information content (AvgIpc) is 2.50. The lowest BCUT2D eigenvalue weighted by Crippen LogP contribution is -2.29. The molecule has 0 saturated carbocycles. The van der Waals surface area contributed by atoms with E-state index in [1.807, 2.05) is 24.3 Å². The minimum absolute atomic E-state index is 0.572. The van der Waals surface area contributed by atoms with Crippen molar-refractivity contribution < 1.29 is 10.0 Å². The Balaban J connectivity index is 2.29. The lowest BCUT2D eigenvalue weighted by atomic mass is 9.79. The van der Waals surface area contributed by atoms with Gasteiger partial charge < -0.3 is 10.0 Å². The van der Waals surface area contributed by atoms with Crippen LogP contribution in [0, 0.1) is 5.92 Å². The highest BCUT2D eigenvalue weighted by Crippen LogP contribution is 2.19. The third-order valence-corrected chi connectivity index (χ3v) is 4.35. The molecule has 1 aromatic carbocycles. The monoisotopic (exact) mass is 290 g/mol. The van der Waals surface area contributed by atoms with E-state index in [-0.39, 0.29) is 0 Å². The van der Waals surface area contributed by atoms with Crippen molar-refractivity contribution in [1.29, 1.82) is 0 Å². The second-order valence-corrected chi connectivity index (χ2v) is 6.15. The minimum Gasteiger partial charge on any atom is -0.423 e. The first-order valence-corrected chi connectivity index (χ1v) is 8.62. The molecular formula is C18H31BO2. The van der Waals surface area contributed by atoms with Crippen molar-refractivity contribution in [2.45, 2.75) is 71.6 Å². The first-order valence-electron chi connectivity index (χ1n) is 8.62. The molecule has 0 spiro atoms. The van der Waals surface area contributed by atoms with Gasteiger partial charge in [0.2, 0.25) is 0 Å². The summed E-state index contributed by atoms with van der Waals surface area (Å²) in [5.74, 6) is 0.751. The normalized spacial score (nSPS) is 12.4. The summed E-state index contributed by atoms with van der Waals surface area (Å²) in [6, 6.07) is 7.69. The third-order valence-electron chi connectivity index (χ3n) is 4.35. The maximum Gasteiger partial charge on any atom is 0.488 e. The SMILES string of the molecule is CCCCCCCCC(CC)Cc1ccc(B(O)O)cc1. The number of hydrogen-bond donors (Lipinski definition) is 2. The summed E-state index contributed by atoms with van der Waals surface area (Å²) < 4.78 is 0. The topological polar surface area (TPSA) is 40.5 Å². The van der Waals surface area contributed by atoms with Crippen LogP contribution < -0.4 is 5.46 Å². The van der Waals surface area contributed by atoms with Gasteiger partial charge in [-0.1, -0.05) is 89.5 Å². The Morgan fingerprint density at radius 2 is 1.52 bits per heavy atom. The van der Waals surface area contributed by atoms with Crippen LogP contribution in [-0.4, -0.2) is 17.2 Å². The molecule has 0 bridgehead atoms. The molecule has 0 fully saturated rings. The van der Waals surface area contributed by atoms with Crippen LogP contribution in [0.3, 0.4) is 0 Å². The molecule has 3 heteroatoms. The van der Waals surface area contributed by atoms with Crippen LogP contribution >= 0.6 is 0 Å². The van der Waals surface area contributed by atoms with Crippen LogP contribution in [0.15, 0.2) is 24.3 Å². The van der Waals surface area contributed by atoms with Crippen LogP contribution in [0.4, 0.5) is 0 Å². The van der Waals surface area contributed by atoms with E-state index < -0.39 is 7.12 Å². The Hall–Kier alpha value is -0.795. The van der Waals surface area contributed by atoms with Crippen molar-refractivity contribution in [2.24, 2.45) is 5.92 Å². The molecule has 0 radical (unpaired) electrons. The first-order chi connectivity index (χ1) is 10.2. The molecule has 0 aliphatic carbocycles. The van der Waals surface area contributed by atoms with Crippen molar-refractivity contribution >= 4 is 12.6 Å². The van der Waals surface area contributed by atoms with E-state index >= 15 is 0 Å². The molecule has 21 heavy (non-hydrogen) atoms. The van der Waals surface area contributed by atoms with Gasteiger partial charge in [-0.2, -0.15) is 0 Å². The molecular weight excluding hydrogens is 259 g/mol. The minimum atomic E-state index is -1.36. The summed E-state index contributed by atoms with van der Waals surface area (Å²) in [5, 5.41) is 18.2. The molecule has 0 amide bonds. The smallest absolute Gasteiger partial charge is 0.423 e. The predicted molar refractivity (Wildman–Crippen MR) is 91.7 cm³/mol. The van der Waals surface area contributed by atoms with Gasteiger partial charge in [-0.3, -0.25) is 0 Å². The number of rotatable bonds is 11. The summed E-state index contributed by atoms with van der Waals surface area (Å²) in [5.41, 5.74) is 1.87. The summed E-state index contributed by atoms with van der Waals surface area (Å²) >= 11 is 0. The Bertz CT molecular complexity index is 362. The predicted octanol–water partition coefficient (Wildman–Crippen LogP) is 3.69. The molecule has 2 N–H and O–H groups in total. The van der Waals surface area contributed by atoms with Gasteiger partial charge in [0.25, 0.3) is 0 Å². The van der Waals surface area contributed by atoms with Gasteiger partial charge in [-0.15, -0.1) is 0 Å². The van der Waals surface area contributed by atoms with E-state index in [1.54, 1.807) is 0 Å². The quantitative estimate of drug-likeness (QED) is 0.482. The molecule has 0 aliphatic rings. The van der Waals surface area contributed by atoms with Gasteiger partial charge in [0.15, 0.2) is 0 Å². The van der Waals surface area contributed by atoms with Crippen molar-refractivity contribution in [1.82, 2.24) is 0 Å².